The number of benzene rings is 3. The standard InChI is InChI=1S/C25H21F3N2O3/c26-25(27,28)21-4-2-1-3-17(21)11-12-33-23-9-5-16(6-10-24(31)32)13-20(23)18-7-8-22-19(14-18)15-29-30-22/h1-5,7-9,13-15H,6,10-12H2,(H,29,30)(H,31,32). The number of fused-ring (bicyclic) bond motifs is 1. The number of H-pyrrole nitrogens is 1. The molecule has 0 spiro atoms. The molecule has 8 heteroatoms. The molecule has 0 saturated carbocycles. The van der Waals surface area contributed by atoms with E-state index in [0.717, 1.165) is 33.7 Å². The molecular formula is C25H21F3N2O3. The molecule has 0 radical (unpaired) electrons. The van der Waals surface area contributed by atoms with E-state index in [1.54, 1.807) is 24.4 Å². The highest BCUT2D eigenvalue weighted by molar-refractivity contribution is 5.85. The highest BCUT2D eigenvalue weighted by Gasteiger charge is 2.32. The van der Waals surface area contributed by atoms with Crippen molar-refractivity contribution in [2.75, 3.05) is 6.61 Å². The second kappa shape index (κ2) is 9.36. The van der Waals surface area contributed by atoms with Crippen LogP contribution in [0, 0.1) is 0 Å². The topological polar surface area (TPSA) is 75.2 Å². The summed E-state index contributed by atoms with van der Waals surface area (Å²) >= 11 is 0. The van der Waals surface area contributed by atoms with Gasteiger partial charge in [-0.1, -0.05) is 30.3 Å². The number of aliphatic carboxylic acids is 1. The van der Waals surface area contributed by atoms with Crippen LogP contribution in [0.4, 0.5) is 13.2 Å². The van der Waals surface area contributed by atoms with Gasteiger partial charge in [-0.3, -0.25) is 9.89 Å². The summed E-state index contributed by atoms with van der Waals surface area (Å²) in [5.41, 5.74) is 2.78. The van der Waals surface area contributed by atoms with Gasteiger partial charge in [-0.15, -0.1) is 0 Å². The number of alkyl halides is 3. The molecule has 5 nitrogen and oxygen atoms in total. The maximum absolute atomic E-state index is 13.3. The Bertz CT molecular complexity index is 1280. The molecule has 0 atom stereocenters. The van der Waals surface area contributed by atoms with E-state index in [2.05, 4.69) is 10.2 Å². The number of hydrogen-bond acceptors (Lipinski definition) is 3. The Labute approximate surface area is 187 Å². The van der Waals surface area contributed by atoms with Crippen LogP contribution in [0.15, 0.2) is 66.9 Å². The molecule has 0 unspecified atom stereocenters. The van der Waals surface area contributed by atoms with Crippen LogP contribution in [0.5, 0.6) is 5.75 Å². The normalized spacial score (nSPS) is 11.6. The van der Waals surface area contributed by atoms with Crippen molar-refractivity contribution in [2.24, 2.45) is 0 Å². The maximum atomic E-state index is 13.3. The molecule has 170 valence electrons. The zero-order valence-corrected chi connectivity index (χ0v) is 17.5. The van der Waals surface area contributed by atoms with Crippen molar-refractivity contribution in [2.45, 2.75) is 25.4 Å². The van der Waals surface area contributed by atoms with E-state index in [9.17, 15) is 18.0 Å². The van der Waals surface area contributed by atoms with Crippen LogP contribution in [-0.2, 0) is 23.8 Å². The van der Waals surface area contributed by atoms with Crippen LogP contribution >= 0.6 is 0 Å². The van der Waals surface area contributed by atoms with Gasteiger partial charge in [0.2, 0.25) is 0 Å². The van der Waals surface area contributed by atoms with E-state index in [4.69, 9.17) is 9.84 Å². The highest BCUT2D eigenvalue weighted by atomic mass is 19.4. The minimum Gasteiger partial charge on any atom is -0.493 e. The second-order valence-corrected chi connectivity index (χ2v) is 7.65. The molecule has 4 aromatic rings. The van der Waals surface area contributed by atoms with Crippen molar-refractivity contribution >= 4 is 16.9 Å². The third kappa shape index (κ3) is 5.34. The lowest BCUT2D eigenvalue weighted by atomic mass is 9.98. The molecule has 3 aromatic carbocycles. The van der Waals surface area contributed by atoms with Gasteiger partial charge in [-0.25, -0.2) is 0 Å². The summed E-state index contributed by atoms with van der Waals surface area (Å²) in [5.74, 6) is -0.374. The van der Waals surface area contributed by atoms with Crippen molar-refractivity contribution in [1.82, 2.24) is 10.2 Å². The SMILES string of the molecule is O=C(O)CCc1ccc(OCCc2ccccc2C(F)(F)F)c(-c2ccc3[nH]ncc3c2)c1. The van der Waals surface area contributed by atoms with Crippen LogP contribution in [0.2, 0.25) is 0 Å². The molecule has 0 aliphatic carbocycles. The first-order chi connectivity index (χ1) is 15.8. The minimum atomic E-state index is -4.42. The molecule has 0 aliphatic heterocycles. The molecule has 4 rings (SSSR count). The summed E-state index contributed by atoms with van der Waals surface area (Å²) in [5, 5.41) is 16.8. The number of ether oxygens (including phenoxy) is 1. The lowest BCUT2D eigenvalue weighted by Crippen LogP contribution is -2.11. The van der Waals surface area contributed by atoms with E-state index in [1.807, 2.05) is 24.3 Å². The van der Waals surface area contributed by atoms with E-state index < -0.39 is 17.7 Å². The number of nitrogens with one attached hydrogen (secondary N) is 1. The first-order valence-corrected chi connectivity index (χ1v) is 10.4. The number of aromatic nitrogens is 2. The number of aromatic amines is 1. The monoisotopic (exact) mass is 454 g/mol. The first kappa shape index (κ1) is 22.4. The Balaban J connectivity index is 1.60. The lowest BCUT2D eigenvalue weighted by Gasteiger charge is -2.16. The number of halogens is 3. The number of hydrogen-bond donors (Lipinski definition) is 2. The average molecular weight is 454 g/mol. The molecule has 0 amide bonds. The third-order valence-corrected chi connectivity index (χ3v) is 5.37. The van der Waals surface area contributed by atoms with Crippen LogP contribution in [0.3, 0.4) is 0 Å². The third-order valence-electron chi connectivity index (χ3n) is 5.37. The number of aryl methyl sites for hydroxylation is 1. The largest absolute Gasteiger partial charge is 0.493 e. The molecule has 33 heavy (non-hydrogen) atoms. The Morgan fingerprint density at radius 2 is 1.85 bits per heavy atom. The van der Waals surface area contributed by atoms with E-state index >= 15 is 0 Å². The summed E-state index contributed by atoms with van der Waals surface area (Å²) < 4.78 is 45.7. The van der Waals surface area contributed by atoms with Gasteiger partial charge in [0.1, 0.15) is 5.75 Å². The molecule has 1 heterocycles. The van der Waals surface area contributed by atoms with Crippen LogP contribution in [0.1, 0.15) is 23.1 Å². The van der Waals surface area contributed by atoms with Crippen molar-refractivity contribution in [3.63, 3.8) is 0 Å². The Morgan fingerprint density at radius 3 is 2.64 bits per heavy atom. The zero-order chi connectivity index (χ0) is 23.4. The number of nitrogens with zero attached hydrogens (tertiary/aromatic N) is 1. The predicted molar refractivity (Wildman–Crippen MR) is 118 cm³/mol. The smallest absolute Gasteiger partial charge is 0.416 e. The van der Waals surface area contributed by atoms with Crippen LogP contribution in [-0.4, -0.2) is 27.9 Å². The molecule has 0 bridgehead atoms. The van der Waals surface area contributed by atoms with Crippen LogP contribution in [0.25, 0.3) is 22.0 Å². The van der Waals surface area contributed by atoms with Gasteiger partial charge in [-0.05, 0) is 53.4 Å². The molecular weight excluding hydrogens is 433 g/mol. The highest BCUT2D eigenvalue weighted by Crippen LogP contribution is 2.34. The fourth-order valence-corrected chi connectivity index (χ4v) is 3.73. The van der Waals surface area contributed by atoms with Crippen molar-refractivity contribution in [3.05, 3.63) is 83.6 Å². The van der Waals surface area contributed by atoms with Gasteiger partial charge in [0.25, 0.3) is 0 Å². The summed E-state index contributed by atoms with van der Waals surface area (Å²) in [4.78, 5) is 11.0. The minimum absolute atomic E-state index is 0.00532. The Morgan fingerprint density at radius 1 is 1.03 bits per heavy atom. The number of carboxylic acid groups (broad SMARTS) is 1. The molecule has 0 fully saturated rings. The van der Waals surface area contributed by atoms with E-state index in [1.165, 1.54) is 12.1 Å². The van der Waals surface area contributed by atoms with Crippen molar-refractivity contribution < 1.29 is 27.8 Å². The first-order valence-electron chi connectivity index (χ1n) is 10.4. The summed E-state index contributed by atoms with van der Waals surface area (Å²) in [6, 6.07) is 16.6. The maximum Gasteiger partial charge on any atom is 0.416 e. The van der Waals surface area contributed by atoms with Gasteiger partial charge in [0, 0.05) is 23.8 Å². The fraction of sp³-hybridized carbons (Fsp3) is 0.200. The molecule has 0 aliphatic rings. The average Bonchev–Trinajstić information content (AvgIpc) is 3.26. The number of rotatable bonds is 8. The predicted octanol–water partition coefficient (Wildman–Crippen LogP) is 5.89. The Kier molecular flexibility index (Phi) is 6.35. The van der Waals surface area contributed by atoms with Gasteiger partial charge in [0.15, 0.2) is 0 Å². The second-order valence-electron chi connectivity index (χ2n) is 7.65. The number of carbonyl (C=O) groups is 1. The van der Waals surface area contributed by atoms with Gasteiger partial charge >= 0.3 is 12.1 Å². The quantitative estimate of drug-likeness (QED) is 0.348. The van der Waals surface area contributed by atoms with Crippen molar-refractivity contribution in [3.8, 4) is 16.9 Å². The summed E-state index contributed by atoms with van der Waals surface area (Å²) in [7, 11) is 0. The van der Waals surface area contributed by atoms with Gasteiger partial charge in [0.05, 0.1) is 23.9 Å². The molecule has 0 saturated heterocycles. The van der Waals surface area contributed by atoms with Crippen molar-refractivity contribution in [1.29, 1.82) is 0 Å². The molecule has 2 N–H and O–H groups in total. The summed E-state index contributed by atoms with van der Waals surface area (Å²) in [6.07, 6.45) is -2.28. The number of carboxylic acids is 1. The summed E-state index contributed by atoms with van der Waals surface area (Å²) in [6.45, 7) is 0.0581. The Hall–Kier alpha value is -3.81. The zero-order valence-electron chi connectivity index (χ0n) is 17.5. The van der Waals surface area contributed by atoms with Gasteiger partial charge in [-0.2, -0.15) is 18.3 Å². The van der Waals surface area contributed by atoms with E-state index in [0.29, 0.717) is 12.2 Å². The molecule has 1 aromatic heterocycles. The fourth-order valence-electron chi connectivity index (χ4n) is 3.73. The van der Waals surface area contributed by atoms with Gasteiger partial charge < -0.3 is 9.84 Å². The van der Waals surface area contributed by atoms with E-state index in [-0.39, 0.29) is 25.0 Å². The lowest BCUT2D eigenvalue weighted by molar-refractivity contribution is -0.138. The van der Waals surface area contributed by atoms with Crippen LogP contribution < -0.4 is 4.74 Å².